The summed E-state index contributed by atoms with van der Waals surface area (Å²) in [4.78, 5) is 35.8. The van der Waals surface area contributed by atoms with Crippen LogP contribution in [-0.2, 0) is 46.5 Å². The van der Waals surface area contributed by atoms with Crippen LogP contribution in [0, 0.1) is 6.92 Å². The van der Waals surface area contributed by atoms with Crippen LogP contribution in [0.15, 0.2) is 78.9 Å². The van der Waals surface area contributed by atoms with E-state index < -0.39 is 37.7 Å². The van der Waals surface area contributed by atoms with Crippen LogP contribution in [-0.4, -0.2) is 116 Å². The number of methoxy groups -OCH3 is 6. The maximum Gasteiger partial charge on any atom is 0.341 e. The van der Waals surface area contributed by atoms with Gasteiger partial charge in [0.05, 0.1) is 62.5 Å². The molecule has 90 heavy (non-hydrogen) atoms. The van der Waals surface area contributed by atoms with Gasteiger partial charge in [0.25, 0.3) is 0 Å². The van der Waals surface area contributed by atoms with Gasteiger partial charge in [-0.05, 0) is 111 Å². The summed E-state index contributed by atoms with van der Waals surface area (Å²) in [6, 6.07) is 24.2. The van der Waals surface area contributed by atoms with Crippen molar-refractivity contribution in [1.29, 1.82) is 0 Å². The summed E-state index contributed by atoms with van der Waals surface area (Å²) >= 11 is 0. The minimum atomic E-state index is -1.16. The molecule has 0 fully saturated rings. The number of hydrogen-bond acceptors (Lipinski definition) is 15. The highest BCUT2D eigenvalue weighted by Crippen LogP contribution is 2.42. The Morgan fingerprint density at radius 1 is 0.300 bits per heavy atom. The number of benzene rings is 6. The number of aryl methyl sites for hydroxylation is 1. The Labute approximate surface area is 530 Å². The third-order valence-corrected chi connectivity index (χ3v) is 15.4. The van der Waals surface area contributed by atoms with E-state index >= 15 is 0 Å². The fourth-order valence-corrected chi connectivity index (χ4v) is 10.7. The van der Waals surface area contributed by atoms with E-state index in [1.165, 1.54) is 0 Å². The molecule has 0 bridgehead atoms. The minimum Gasteiger partial charge on any atom is -0.497 e. The third-order valence-electron chi connectivity index (χ3n) is 15.4. The second-order valence-electron chi connectivity index (χ2n) is 22.1. The average Bonchev–Trinajstić information content (AvgIpc) is 0.964. The van der Waals surface area contributed by atoms with Crippen LogP contribution in [0.5, 0.6) is 69.0 Å². The first-order chi connectivity index (χ1) is 43.6. The van der Waals surface area contributed by atoms with Crippen molar-refractivity contribution >= 4 is 17.9 Å². The lowest BCUT2D eigenvalue weighted by molar-refractivity contribution is -0.140. The molecule has 0 unspecified atom stereocenters. The van der Waals surface area contributed by atoms with E-state index in [0.29, 0.717) is 117 Å². The summed E-state index contributed by atoms with van der Waals surface area (Å²) in [5, 5.41) is 29.3. The van der Waals surface area contributed by atoms with Gasteiger partial charge >= 0.3 is 17.9 Å². The lowest BCUT2D eigenvalue weighted by Gasteiger charge is -2.21. The molecule has 0 aromatic heterocycles. The lowest BCUT2D eigenvalue weighted by Crippen LogP contribution is -2.12. The van der Waals surface area contributed by atoms with Crippen LogP contribution in [0.3, 0.4) is 0 Å². The lowest BCUT2D eigenvalue weighted by atomic mass is 9.93. The Balaban J connectivity index is 1.41. The number of carboxylic acid groups (broad SMARTS) is 3. The van der Waals surface area contributed by atoms with Crippen molar-refractivity contribution in [3.63, 3.8) is 0 Å². The van der Waals surface area contributed by atoms with Crippen LogP contribution in [0.1, 0.15) is 159 Å². The third kappa shape index (κ3) is 21.0. The van der Waals surface area contributed by atoms with Crippen molar-refractivity contribution in [2.45, 2.75) is 137 Å². The largest absolute Gasteiger partial charge is 0.497 e. The number of carboxylic acids is 3. The highest BCUT2D eigenvalue weighted by Gasteiger charge is 2.24. The predicted molar refractivity (Wildman–Crippen MR) is 345 cm³/mol. The minimum absolute atomic E-state index is 0.206. The van der Waals surface area contributed by atoms with Crippen LogP contribution in [0.2, 0.25) is 0 Å². The Morgan fingerprint density at radius 2 is 0.567 bits per heavy atom. The summed E-state index contributed by atoms with van der Waals surface area (Å²) in [6.07, 6.45) is 13.5. The molecule has 0 heterocycles. The summed E-state index contributed by atoms with van der Waals surface area (Å²) in [7, 11) is 9.51. The highest BCUT2D eigenvalue weighted by atomic mass is 16.5. The molecule has 488 valence electrons. The van der Waals surface area contributed by atoms with Crippen LogP contribution >= 0.6 is 0 Å². The van der Waals surface area contributed by atoms with Crippen molar-refractivity contribution in [2.75, 3.05) is 82.3 Å². The number of ether oxygens (including phenoxy) is 12. The highest BCUT2D eigenvalue weighted by molar-refractivity contribution is 5.70. The maximum absolute atomic E-state index is 12.2. The topological polar surface area (TPSA) is 223 Å². The van der Waals surface area contributed by atoms with Crippen molar-refractivity contribution in [3.8, 4) is 69.0 Å². The Bertz CT molecular complexity index is 3300. The van der Waals surface area contributed by atoms with Gasteiger partial charge in [-0.25, -0.2) is 14.4 Å². The standard InChI is InChI=1S/C72H92O18/c1-11-14-17-20-25-85-60-35-49(61(80-6)28-47(60)4)30-56-38-64(83-9)52(42-68(56)89-45-71(75)76)32-55-37-63(82-8)51(41-67(55)87-27-22-19-16-13-3)33-57-39-65(84-10)53(43-69(57)90-46-72(77)78)31-54-36-62(81-7)50(40-66(54)86-26-21-18-15-12-2)29-48-34-58(79-5)23-24-59(48)88-44-70(73)74/h23-24,28,34-43H,11-22,25-27,29-33,44-46H2,1-10H3,(H,73,74)(H,75,76)(H,77,78). The summed E-state index contributed by atoms with van der Waals surface area (Å²) in [5.74, 6) is 2.93. The monoisotopic (exact) mass is 1240 g/mol. The van der Waals surface area contributed by atoms with Gasteiger partial charge in [-0.3, -0.25) is 0 Å². The molecule has 0 spiro atoms. The van der Waals surface area contributed by atoms with Crippen molar-refractivity contribution in [2.24, 2.45) is 0 Å². The molecule has 0 saturated heterocycles. The average molecular weight is 1250 g/mol. The molecule has 0 aliphatic rings. The van der Waals surface area contributed by atoms with Gasteiger partial charge in [0.15, 0.2) is 19.8 Å². The van der Waals surface area contributed by atoms with Gasteiger partial charge in [-0.2, -0.15) is 0 Å². The first kappa shape index (κ1) is 70.4. The first-order valence-electron chi connectivity index (χ1n) is 31.1. The van der Waals surface area contributed by atoms with Crippen molar-refractivity contribution in [1.82, 2.24) is 0 Å². The van der Waals surface area contributed by atoms with Crippen molar-refractivity contribution < 1.29 is 86.5 Å². The second kappa shape index (κ2) is 36.7. The number of carbonyl (C=O) groups is 3. The smallest absolute Gasteiger partial charge is 0.341 e. The van der Waals surface area contributed by atoms with Gasteiger partial charge in [-0.1, -0.05) is 78.6 Å². The molecule has 0 aliphatic heterocycles. The van der Waals surface area contributed by atoms with E-state index in [4.69, 9.17) is 56.8 Å². The zero-order valence-electron chi connectivity index (χ0n) is 54.2. The molecular formula is C72H92O18. The quantitative estimate of drug-likeness (QED) is 0.0303. The van der Waals surface area contributed by atoms with E-state index in [2.05, 4.69) is 20.8 Å². The molecule has 6 rings (SSSR count). The molecule has 0 radical (unpaired) electrons. The van der Waals surface area contributed by atoms with Crippen molar-refractivity contribution in [3.05, 3.63) is 140 Å². The van der Waals surface area contributed by atoms with Gasteiger partial charge in [0.1, 0.15) is 69.0 Å². The van der Waals surface area contributed by atoms with E-state index in [1.807, 2.05) is 61.5 Å². The van der Waals surface area contributed by atoms with E-state index in [1.54, 1.807) is 66.9 Å². The molecule has 18 nitrogen and oxygen atoms in total. The van der Waals surface area contributed by atoms with Crippen LogP contribution < -0.4 is 56.8 Å². The number of aliphatic carboxylic acids is 3. The number of unbranched alkanes of at least 4 members (excludes halogenated alkanes) is 9. The van der Waals surface area contributed by atoms with E-state index in [-0.39, 0.29) is 25.7 Å². The number of rotatable bonds is 43. The second-order valence-corrected chi connectivity index (χ2v) is 22.1. The Morgan fingerprint density at radius 3 is 0.878 bits per heavy atom. The summed E-state index contributed by atoms with van der Waals surface area (Å²) < 4.78 is 73.3. The fourth-order valence-electron chi connectivity index (χ4n) is 10.7. The molecule has 0 aliphatic carbocycles. The van der Waals surface area contributed by atoms with Gasteiger partial charge < -0.3 is 72.2 Å². The summed E-state index contributed by atoms with van der Waals surface area (Å²) in [5.41, 5.74) is 8.12. The predicted octanol–water partition coefficient (Wildman–Crippen LogP) is 14.3. The molecule has 0 saturated carbocycles. The van der Waals surface area contributed by atoms with E-state index in [9.17, 15) is 29.7 Å². The van der Waals surface area contributed by atoms with Gasteiger partial charge in [-0.15, -0.1) is 0 Å². The Hall–Kier alpha value is -8.67. The normalized spacial score (nSPS) is 11.0. The number of hydrogen-bond donors (Lipinski definition) is 3. The van der Waals surface area contributed by atoms with Crippen LogP contribution in [0.25, 0.3) is 0 Å². The maximum atomic E-state index is 12.2. The molecule has 0 amide bonds. The fraction of sp³-hybridized carbons (Fsp3) is 0.458. The molecule has 18 heteroatoms. The van der Waals surface area contributed by atoms with Gasteiger partial charge in [0.2, 0.25) is 0 Å². The van der Waals surface area contributed by atoms with E-state index in [0.717, 1.165) is 116 Å². The SMILES string of the molecule is CCCCCCOc1cc(Cc2cc(OC)c(Cc3cc(OC)c(Cc4cc(OC)c(Cc5cc(OC)c(Cc6cc(OC)ccc6OCC(=O)O)cc5OCCCCCC)cc4OCC(=O)O)cc3OCCCCCC)cc2OCC(=O)O)c(OC)cc1C. The zero-order chi connectivity index (χ0) is 65.0. The molecule has 6 aromatic rings. The van der Waals surface area contributed by atoms with Gasteiger partial charge in [0, 0.05) is 87.7 Å². The molecule has 6 aromatic carbocycles. The van der Waals surface area contributed by atoms with Crippen LogP contribution in [0.4, 0.5) is 0 Å². The molecule has 3 N–H and O–H groups in total. The molecular weight excluding hydrogens is 1150 g/mol. The molecule has 0 atom stereocenters. The zero-order valence-corrected chi connectivity index (χ0v) is 54.2. The summed E-state index contributed by atoms with van der Waals surface area (Å²) in [6.45, 7) is 8.20. The Kier molecular flexibility index (Phi) is 28.7. The first-order valence-corrected chi connectivity index (χ1v) is 31.1.